The number of sulfonamides is 1. The molecule has 1 heterocycles. The van der Waals surface area contributed by atoms with Crippen molar-refractivity contribution in [3.63, 3.8) is 0 Å². The number of benzene rings is 2. The lowest BCUT2D eigenvalue weighted by molar-refractivity contribution is 0.167. The molecule has 0 amide bonds. The van der Waals surface area contributed by atoms with Crippen molar-refractivity contribution in [2.75, 3.05) is 52.4 Å². The molecule has 1 saturated heterocycles. The highest BCUT2D eigenvalue weighted by Crippen LogP contribution is 2.22. The third-order valence-corrected chi connectivity index (χ3v) is 7.09. The van der Waals surface area contributed by atoms with Crippen LogP contribution in [-0.2, 0) is 10.0 Å². The van der Waals surface area contributed by atoms with Gasteiger partial charge in [0.05, 0.1) is 4.90 Å². The van der Waals surface area contributed by atoms with Crippen molar-refractivity contribution in [3.05, 3.63) is 67.8 Å². The van der Waals surface area contributed by atoms with Gasteiger partial charge in [-0.25, -0.2) is 8.42 Å². The van der Waals surface area contributed by atoms with Crippen LogP contribution in [-0.4, -0.2) is 74.9 Å². The molecule has 0 aromatic heterocycles. The van der Waals surface area contributed by atoms with Crippen LogP contribution < -0.4 is 0 Å². The molecule has 1 fully saturated rings. The Bertz CT molecular complexity index is 908. The van der Waals surface area contributed by atoms with Gasteiger partial charge in [0.1, 0.15) is 0 Å². The summed E-state index contributed by atoms with van der Waals surface area (Å²) in [5, 5.41) is 2.00. The standard InChI is InChI=1S/C22H29N3O2S/c1-3-11-23(12-4-2)13-14-24-15-17-25(18-16-24)28(26,27)22-10-9-20-7-5-6-8-21(20)19-22/h3-10,19H,1-2,11-18H2. The lowest BCUT2D eigenvalue weighted by Gasteiger charge is -2.35. The van der Waals surface area contributed by atoms with E-state index in [0.29, 0.717) is 18.0 Å². The summed E-state index contributed by atoms with van der Waals surface area (Å²) in [4.78, 5) is 4.98. The Labute approximate surface area is 168 Å². The number of piperazine rings is 1. The molecule has 5 nitrogen and oxygen atoms in total. The summed E-state index contributed by atoms with van der Waals surface area (Å²) in [6.45, 7) is 13.7. The molecule has 3 rings (SSSR count). The van der Waals surface area contributed by atoms with Crippen LogP contribution in [0.3, 0.4) is 0 Å². The second-order valence-electron chi connectivity index (χ2n) is 7.09. The molecule has 0 unspecified atom stereocenters. The SMILES string of the molecule is C=CCN(CC=C)CCN1CCN(S(=O)(=O)c2ccc3ccccc3c2)CC1. The van der Waals surface area contributed by atoms with Gasteiger partial charge in [0.15, 0.2) is 0 Å². The predicted octanol–water partition coefficient (Wildman–Crippen LogP) is 2.82. The number of fused-ring (bicyclic) bond motifs is 1. The average Bonchev–Trinajstić information content (AvgIpc) is 2.72. The molecule has 2 aromatic rings. The van der Waals surface area contributed by atoms with E-state index in [-0.39, 0.29) is 0 Å². The highest BCUT2D eigenvalue weighted by molar-refractivity contribution is 7.89. The first-order valence-corrected chi connectivity index (χ1v) is 11.1. The molecule has 0 aliphatic carbocycles. The van der Waals surface area contributed by atoms with Gasteiger partial charge in [0.2, 0.25) is 10.0 Å². The minimum absolute atomic E-state index is 0.378. The van der Waals surface area contributed by atoms with Crippen LogP contribution in [0.2, 0.25) is 0 Å². The Hall–Kier alpha value is -1.99. The Balaban J connectivity index is 1.60. The lowest BCUT2D eigenvalue weighted by Crippen LogP contribution is -2.50. The smallest absolute Gasteiger partial charge is 0.243 e. The fourth-order valence-corrected chi connectivity index (χ4v) is 5.03. The zero-order valence-corrected chi connectivity index (χ0v) is 17.2. The maximum Gasteiger partial charge on any atom is 0.243 e. The molecule has 28 heavy (non-hydrogen) atoms. The van der Waals surface area contributed by atoms with E-state index in [9.17, 15) is 8.42 Å². The number of hydrogen-bond donors (Lipinski definition) is 0. The molecule has 0 saturated carbocycles. The Morgan fingerprint density at radius 1 is 0.929 bits per heavy atom. The fraction of sp³-hybridized carbons (Fsp3) is 0.364. The van der Waals surface area contributed by atoms with Crippen molar-refractivity contribution in [3.8, 4) is 0 Å². The minimum atomic E-state index is -3.46. The molecular formula is C22H29N3O2S. The first-order valence-electron chi connectivity index (χ1n) is 9.70. The maximum atomic E-state index is 13.1. The Kier molecular flexibility index (Phi) is 7.02. The zero-order chi connectivity index (χ0) is 20.0. The molecular weight excluding hydrogens is 370 g/mol. The van der Waals surface area contributed by atoms with Gasteiger partial charge in [-0.15, -0.1) is 13.2 Å². The molecule has 0 spiro atoms. The predicted molar refractivity (Wildman–Crippen MR) is 116 cm³/mol. The van der Waals surface area contributed by atoms with Crippen LogP contribution in [0.25, 0.3) is 10.8 Å². The number of rotatable bonds is 9. The topological polar surface area (TPSA) is 43.9 Å². The summed E-state index contributed by atoms with van der Waals surface area (Å²) < 4.78 is 27.7. The largest absolute Gasteiger partial charge is 0.299 e. The highest BCUT2D eigenvalue weighted by atomic mass is 32.2. The summed E-state index contributed by atoms with van der Waals surface area (Å²) in [7, 11) is -3.46. The minimum Gasteiger partial charge on any atom is -0.299 e. The normalized spacial score (nSPS) is 16.5. The van der Waals surface area contributed by atoms with Crippen LogP contribution in [0.5, 0.6) is 0 Å². The maximum absolute atomic E-state index is 13.1. The van der Waals surface area contributed by atoms with Crippen molar-refractivity contribution in [1.82, 2.24) is 14.1 Å². The van der Waals surface area contributed by atoms with Gasteiger partial charge in [-0.3, -0.25) is 9.80 Å². The third kappa shape index (κ3) is 4.89. The molecule has 0 radical (unpaired) electrons. The van der Waals surface area contributed by atoms with E-state index >= 15 is 0 Å². The van der Waals surface area contributed by atoms with E-state index in [2.05, 4.69) is 23.0 Å². The summed E-state index contributed by atoms with van der Waals surface area (Å²) in [6.07, 6.45) is 3.80. The van der Waals surface area contributed by atoms with Gasteiger partial charge >= 0.3 is 0 Å². The van der Waals surface area contributed by atoms with E-state index in [1.54, 1.807) is 16.4 Å². The molecule has 1 aliphatic heterocycles. The van der Waals surface area contributed by atoms with E-state index < -0.39 is 10.0 Å². The van der Waals surface area contributed by atoms with Crippen molar-refractivity contribution in [1.29, 1.82) is 0 Å². The summed E-state index contributed by atoms with van der Waals surface area (Å²) in [5.41, 5.74) is 0. The highest BCUT2D eigenvalue weighted by Gasteiger charge is 2.28. The van der Waals surface area contributed by atoms with Crippen LogP contribution in [0.4, 0.5) is 0 Å². The second kappa shape index (κ2) is 9.47. The van der Waals surface area contributed by atoms with Crippen LogP contribution in [0, 0.1) is 0 Å². The van der Waals surface area contributed by atoms with E-state index in [1.807, 2.05) is 42.5 Å². The van der Waals surface area contributed by atoms with Crippen LogP contribution in [0.15, 0.2) is 72.7 Å². The van der Waals surface area contributed by atoms with Crippen molar-refractivity contribution >= 4 is 20.8 Å². The van der Waals surface area contributed by atoms with Crippen molar-refractivity contribution in [2.24, 2.45) is 0 Å². The lowest BCUT2D eigenvalue weighted by atomic mass is 10.1. The van der Waals surface area contributed by atoms with Gasteiger partial charge in [-0.1, -0.05) is 42.5 Å². The fourth-order valence-electron chi connectivity index (χ4n) is 3.58. The quantitative estimate of drug-likeness (QED) is 0.608. The zero-order valence-electron chi connectivity index (χ0n) is 16.3. The monoisotopic (exact) mass is 399 g/mol. The molecule has 2 aromatic carbocycles. The third-order valence-electron chi connectivity index (χ3n) is 5.20. The van der Waals surface area contributed by atoms with Crippen molar-refractivity contribution < 1.29 is 8.42 Å². The molecule has 6 heteroatoms. The summed E-state index contributed by atoms with van der Waals surface area (Å²) >= 11 is 0. The number of hydrogen-bond acceptors (Lipinski definition) is 4. The van der Waals surface area contributed by atoms with E-state index in [0.717, 1.165) is 50.0 Å². The molecule has 150 valence electrons. The average molecular weight is 400 g/mol. The molecule has 0 bridgehead atoms. The molecule has 0 N–H and O–H groups in total. The Morgan fingerprint density at radius 3 is 2.21 bits per heavy atom. The van der Waals surface area contributed by atoms with Gasteiger partial charge in [0, 0.05) is 52.4 Å². The Morgan fingerprint density at radius 2 is 1.57 bits per heavy atom. The van der Waals surface area contributed by atoms with Gasteiger partial charge in [-0.05, 0) is 22.9 Å². The van der Waals surface area contributed by atoms with Crippen LogP contribution in [0.1, 0.15) is 0 Å². The van der Waals surface area contributed by atoms with Gasteiger partial charge in [0.25, 0.3) is 0 Å². The summed E-state index contributed by atoms with van der Waals surface area (Å²) in [5.74, 6) is 0. The second-order valence-corrected chi connectivity index (χ2v) is 9.03. The van der Waals surface area contributed by atoms with Crippen molar-refractivity contribution in [2.45, 2.75) is 4.90 Å². The van der Waals surface area contributed by atoms with Gasteiger partial charge < -0.3 is 0 Å². The van der Waals surface area contributed by atoms with E-state index in [4.69, 9.17) is 0 Å². The molecule has 1 aliphatic rings. The number of nitrogens with zero attached hydrogens (tertiary/aromatic N) is 3. The first-order chi connectivity index (χ1) is 13.5. The van der Waals surface area contributed by atoms with E-state index in [1.165, 1.54) is 0 Å². The summed E-state index contributed by atoms with van der Waals surface area (Å²) in [6, 6.07) is 13.2. The molecule has 0 atom stereocenters. The first kappa shape index (κ1) is 20.7. The van der Waals surface area contributed by atoms with Gasteiger partial charge in [-0.2, -0.15) is 4.31 Å². The van der Waals surface area contributed by atoms with Crippen LogP contribution >= 0.6 is 0 Å².